The Morgan fingerprint density at radius 2 is 1.56 bits per heavy atom. The van der Waals surface area contributed by atoms with E-state index in [1.807, 2.05) is 0 Å². The van der Waals surface area contributed by atoms with Crippen molar-refractivity contribution in [3.63, 3.8) is 0 Å². The van der Waals surface area contributed by atoms with E-state index in [-0.39, 0.29) is 58.6 Å². The number of anilines is 1. The molecule has 0 aliphatic carbocycles. The van der Waals surface area contributed by atoms with Crippen molar-refractivity contribution in [3.05, 3.63) is 143 Å². The maximum atomic E-state index is 15.3. The second-order valence-electron chi connectivity index (χ2n) is 9.71. The van der Waals surface area contributed by atoms with E-state index in [0.717, 1.165) is 17.1 Å². The lowest BCUT2D eigenvalue weighted by molar-refractivity contribution is -0.189. The third kappa shape index (κ3) is 6.69. The van der Waals surface area contributed by atoms with Crippen molar-refractivity contribution < 1.29 is 22.8 Å². The van der Waals surface area contributed by atoms with Crippen LogP contribution in [0.15, 0.2) is 100 Å². The number of nitrogens with zero attached hydrogens (tertiary/aromatic N) is 3. The molecule has 45 heavy (non-hydrogen) atoms. The second-order valence-corrected chi connectivity index (χ2v) is 12.7. The van der Waals surface area contributed by atoms with E-state index in [0.29, 0.717) is 11.3 Å². The zero-order chi connectivity index (χ0) is 32.5. The van der Waals surface area contributed by atoms with Gasteiger partial charge >= 0.3 is 6.18 Å². The van der Waals surface area contributed by atoms with Gasteiger partial charge in [-0.1, -0.05) is 90.9 Å². The first-order chi connectivity index (χ1) is 21.3. The van der Waals surface area contributed by atoms with Crippen molar-refractivity contribution in [1.82, 2.24) is 14.8 Å². The SMILES string of the molecule is O=C(Cc1c(Br)cc(C(c2ccc(Cl)cc2)(n2cc(Cl)cn2)C(F)(F)F)cc1Br)c1cccc(NC(=O)c2cccnc2Cl)c1. The van der Waals surface area contributed by atoms with Crippen molar-refractivity contribution in [2.75, 3.05) is 5.32 Å². The van der Waals surface area contributed by atoms with Crippen LogP contribution in [0.25, 0.3) is 0 Å². The van der Waals surface area contributed by atoms with E-state index >= 15 is 13.2 Å². The summed E-state index contributed by atoms with van der Waals surface area (Å²) in [6.45, 7) is 0. The molecule has 0 saturated carbocycles. The van der Waals surface area contributed by atoms with Crippen LogP contribution in [0.1, 0.15) is 37.4 Å². The first kappa shape index (κ1) is 33.2. The summed E-state index contributed by atoms with van der Waals surface area (Å²) in [5.41, 5.74) is -1.98. The zero-order valence-electron chi connectivity index (χ0n) is 22.5. The molecule has 3 aromatic carbocycles. The number of carbonyl (C=O) groups excluding carboxylic acids is 2. The molecule has 2 heterocycles. The summed E-state index contributed by atoms with van der Waals surface area (Å²) >= 11 is 24.9. The maximum Gasteiger partial charge on any atom is 0.422 e. The third-order valence-corrected chi connectivity index (χ3v) is 9.07. The molecule has 0 radical (unpaired) electrons. The van der Waals surface area contributed by atoms with Crippen LogP contribution in [0.4, 0.5) is 18.9 Å². The van der Waals surface area contributed by atoms with Crippen LogP contribution < -0.4 is 5.32 Å². The van der Waals surface area contributed by atoms with Crippen molar-refractivity contribution in [3.8, 4) is 0 Å². The summed E-state index contributed by atoms with van der Waals surface area (Å²) in [4.78, 5) is 30.0. The minimum absolute atomic E-state index is 0.0138. The number of Topliss-reactive ketones (excluding diaryl/α,β-unsaturated/α-hetero) is 1. The summed E-state index contributed by atoms with van der Waals surface area (Å²) in [7, 11) is 0. The van der Waals surface area contributed by atoms with E-state index in [2.05, 4.69) is 47.3 Å². The molecule has 1 amide bonds. The summed E-state index contributed by atoms with van der Waals surface area (Å²) in [6, 6.07) is 17.2. The van der Waals surface area contributed by atoms with Crippen LogP contribution in [-0.2, 0) is 12.0 Å². The normalized spacial score (nSPS) is 12.9. The van der Waals surface area contributed by atoms with Crippen molar-refractivity contribution in [2.24, 2.45) is 0 Å². The highest BCUT2D eigenvalue weighted by Crippen LogP contribution is 2.49. The van der Waals surface area contributed by atoms with Crippen molar-refractivity contribution in [1.29, 1.82) is 0 Å². The number of hydrogen-bond donors (Lipinski definition) is 1. The predicted molar refractivity (Wildman–Crippen MR) is 174 cm³/mol. The standard InChI is InChI=1S/C31H18Br2Cl3F3N4O2/c32-25-12-19(30(31(37,38)39,43-16-21(35)15-41-43)18-6-8-20(34)9-7-18)13-26(33)24(25)14-27(44)17-3-1-4-22(11-17)42-29(45)23-5-2-10-40-28(23)36/h1-13,15-16H,14H2,(H,42,45). The topological polar surface area (TPSA) is 76.9 Å². The van der Waals surface area contributed by atoms with Crippen LogP contribution in [0.2, 0.25) is 15.2 Å². The lowest BCUT2D eigenvalue weighted by Gasteiger charge is -2.37. The molecule has 1 N–H and O–H groups in total. The largest absolute Gasteiger partial charge is 0.422 e. The lowest BCUT2D eigenvalue weighted by Crippen LogP contribution is -2.50. The van der Waals surface area contributed by atoms with Crippen molar-refractivity contribution in [2.45, 2.75) is 18.1 Å². The van der Waals surface area contributed by atoms with Gasteiger partial charge in [0, 0.05) is 44.0 Å². The maximum absolute atomic E-state index is 15.3. The minimum Gasteiger partial charge on any atom is -0.322 e. The molecule has 0 spiro atoms. The monoisotopic (exact) mass is 798 g/mol. The Labute approximate surface area is 286 Å². The molecular formula is C31H18Br2Cl3F3N4O2. The van der Waals surface area contributed by atoms with E-state index < -0.39 is 17.6 Å². The minimum atomic E-state index is -4.91. The third-order valence-electron chi connectivity index (χ3n) is 6.91. The average Bonchev–Trinajstić information content (AvgIpc) is 3.41. The van der Waals surface area contributed by atoms with E-state index in [9.17, 15) is 9.59 Å². The summed E-state index contributed by atoms with van der Waals surface area (Å²) < 4.78 is 47.3. The van der Waals surface area contributed by atoms with Gasteiger partial charge in [-0.2, -0.15) is 18.3 Å². The number of nitrogens with one attached hydrogen (secondary N) is 1. The lowest BCUT2D eigenvalue weighted by atomic mass is 9.81. The summed E-state index contributed by atoms with van der Waals surface area (Å²) in [5.74, 6) is -0.857. The van der Waals surface area contributed by atoms with E-state index in [1.54, 1.807) is 24.3 Å². The number of alkyl halides is 3. The number of aromatic nitrogens is 3. The number of amides is 1. The van der Waals surface area contributed by atoms with Gasteiger partial charge in [0.25, 0.3) is 5.91 Å². The quantitative estimate of drug-likeness (QED) is 0.125. The number of rotatable bonds is 8. The van der Waals surface area contributed by atoms with Crippen LogP contribution in [0.5, 0.6) is 0 Å². The predicted octanol–water partition coefficient (Wildman–Crippen LogP) is 9.80. The summed E-state index contributed by atoms with van der Waals surface area (Å²) in [5, 5.41) is 6.95. The fourth-order valence-corrected chi connectivity index (χ4v) is 6.77. The number of benzene rings is 3. The molecule has 0 aliphatic rings. The molecule has 1 unspecified atom stereocenters. The molecular weight excluding hydrogens is 784 g/mol. The number of halogens is 8. The Kier molecular flexibility index (Phi) is 9.76. The van der Waals surface area contributed by atoms with E-state index in [1.165, 1.54) is 54.7 Å². The van der Waals surface area contributed by atoms with Gasteiger partial charge in [0.2, 0.25) is 5.54 Å². The molecule has 230 valence electrons. The van der Waals surface area contributed by atoms with Gasteiger partial charge in [0.05, 0.1) is 16.8 Å². The highest BCUT2D eigenvalue weighted by Gasteiger charge is 2.60. The van der Waals surface area contributed by atoms with Crippen LogP contribution >= 0.6 is 66.7 Å². The molecule has 6 nitrogen and oxygen atoms in total. The Bertz CT molecular complexity index is 1900. The molecule has 1 atom stereocenters. The molecule has 2 aromatic heterocycles. The molecule has 0 fully saturated rings. The highest BCUT2D eigenvalue weighted by molar-refractivity contribution is 9.11. The Balaban J connectivity index is 1.50. The number of ketones is 1. The fraction of sp³-hybridized carbons (Fsp3) is 0.0968. The van der Waals surface area contributed by atoms with E-state index in [4.69, 9.17) is 34.8 Å². The first-order valence-corrected chi connectivity index (χ1v) is 15.6. The molecule has 5 rings (SSSR count). The molecule has 0 aliphatic heterocycles. The molecule has 0 bridgehead atoms. The van der Waals surface area contributed by atoms with Crippen LogP contribution in [0.3, 0.4) is 0 Å². The van der Waals surface area contributed by atoms with Gasteiger partial charge in [-0.25, -0.2) is 9.67 Å². The first-order valence-electron chi connectivity index (χ1n) is 12.9. The highest BCUT2D eigenvalue weighted by atomic mass is 79.9. The fourth-order valence-electron chi connectivity index (χ4n) is 4.83. The van der Waals surface area contributed by atoms with Gasteiger partial charge in [-0.3, -0.25) is 9.59 Å². The van der Waals surface area contributed by atoms with Gasteiger partial charge in [-0.15, -0.1) is 0 Å². The van der Waals surface area contributed by atoms with Gasteiger partial charge < -0.3 is 5.32 Å². The average molecular weight is 802 g/mol. The summed E-state index contributed by atoms with van der Waals surface area (Å²) in [6.07, 6.45) is -1.42. The molecule has 14 heteroatoms. The van der Waals surface area contributed by atoms with Crippen LogP contribution in [-0.4, -0.2) is 32.6 Å². The Hall–Kier alpha value is -3.22. The number of carbonyl (C=O) groups is 2. The smallest absolute Gasteiger partial charge is 0.322 e. The molecule has 5 aromatic rings. The zero-order valence-corrected chi connectivity index (χ0v) is 28.0. The Morgan fingerprint density at radius 1 is 0.867 bits per heavy atom. The van der Waals surface area contributed by atoms with Crippen LogP contribution in [0, 0.1) is 0 Å². The number of hydrogen-bond acceptors (Lipinski definition) is 4. The van der Waals surface area contributed by atoms with Gasteiger partial charge in [0.1, 0.15) is 5.15 Å². The molecule has 0 saturated heterocycles. The Morgan fingerprint density at radius 3 is 2.16 bits per heavy atom. The van der Waals surface area contributed by atoms with Crippen molar-refractivity contribution >= 4 is 84.0 Å². The number of pyridine rings is 1. The second kappa shape index (κ2) is 13.3. The van der Waals surface area contributed by atoms with Gasteiger partial charge in [0.15, 0.2) is 5.78 Å². The van der Waals surface area contributed by atoms with Gasteiger partial charge in [-0.05, 0) is 65.2 Å².